The summed E-state index contributed by atoms with van der Waals surface area (Å²) >= 11 is 0. The van der Waals surface area contributed by atoms with Crippen LogP contribution in [-0.2, 0) is 6.42 Å². The number of hydrogen-bond donors (Lipinski definition) is 1. The van der Waals surface area contributed by atoms with E-state index < -0.39 is 0 Å². The van der Waals surface area contributed by atoms with Crippen molar-refractivity contribution in [3.05, 3.63) is 11.7 Å². The lowest BCUT2D eigenvalue weighted by molar-refractivity contribution is 0.138. The minimum absolute atomic E-state index is 0.426. The van der Waals surface area contributed by atoms with E-state index in [9.17, 15) is 0 Å². The maximum absolute atomic E-state index is 5.45. The van der Waals surface area contributed by atoms with Gasteiger partial charge in [0, 0.05) is 25.6 Å². The lowest BCUT2D eigenvalue weighted by Gasteiger charge is -2.35. The normalized spacial score (nSPS) is 28.4. The smallest absolute Gasteiger partial charge is 0.231 e. The molecule has 5 heteroatoms. The van der Waals surface area contributed by atoms with E-state index in [-0.39, 0.29) is 0 Å². The quantitative estimate of drug-likeness (QED) is 0.910. The second kappa shape index (κ2) is 6.22. The fourth-order valence-corrected chi connectivity index (χ4v) is 3.37. The maximum atomic E-state index is 5.45. The van der Waals surface area contributed by atoms with Crippen LogP contribution in [0, 0.1) is 5.92 Å². The van der Waals surface area contributed by atoms with E-state index in [0.717, 1.165) is 37.6 Å². The lowest BCUT2D eigenvalue weighted by Crippen LogP contribution is -2.40. The van der Waals surface area contributed by atoms with Crippen molar-refractivity contribution in [3.63, 3.8) is 0 Å². The summed E-state index contributed by atoms with van der Waals surface area (Å²) in [7, 11) is 0. The second-order valence-corrected chi connectivity index (χ2v) is 6.54. The van der Waals surface area contributed by atoms with Gasteiger partial charge < -0.3 is 14.7 Å². The lowest BCUT2D eigenvalue weighted by atomic mass is 9.94. The molecule has 0 bridgehead atoms. The number of hydrogen-bond acceptors (Lipinski definition) is 5. The van der Waals surface area contributed by atoms with Crippen LogP contribution in [0.25, 0.3) is 0 Å². The van der Waals surface area contributed by atoms with Crippen molar-refractivity contribution in [2.45, 2.75) is 51.5 Å². The topological polar surface area (TPSA) is 54.2 Å². The third kappa shape index (κ3) is 3.20. The van der Waals surface area contributed by atoms with E-state index in [4.69, 9.17) is 4.52 Å². The Kier molecular flexibility index (Phi) is 4.36. The second-order valence-electron chi connectivity index (χ2n) is 6.54. The highest BCUT2D eigenvalue weighted by Gasteiger charge is 2.26. The molecule has 20 heavy (non-hydrogen) atoms. The molecule has 3 heterocycles. The molecule has 0 aromatic carbocycles. The summed E-state index contributed by atoms with van der Waals surface area (Å²) in [4.78, 5) is 7.19. The average molecular weight is 278 g/mol. The number of aromatic nitrogens is 2. The zero-order valence-electron chi connectivity index (χ0n) is 12.6. The number of piperidine rings is 1. The van der Waals surface area contributed by atoms with Crippen LogP contribution in [0.4, 0.5) is 0 Å². The molecule has 2 aliphatic rings. The highest BCUT2D eigenvalue weighted by molar-refractivity contribution is 4.99. The Labute approximate surface area is 121 Å². The molecular weight excluding hydrogens is 252 g/mol. The summed E-state index contributed by atoms with van der Waals surface area (Å²) in [5.41, 5.74) is 0. The van der Waals surface area contributed by atoms with E-state index in [1.165, 1.54) is 25.9 Å². The highest BCUT2D eigenvalue weighted by Crippen LogP contribution is 2.24. The van der Waals surface area contributed by atoms with Crippen molar-refractivity contribution in [3.8, 4) is 0 Å². The number of nitrogens with zero attached hydrogens (tertiary/aromatic N) is 3. The van der Waals surface area contributed by atoms with Gasteiger partial charge >= 0.3 is 0 Å². The third-order valence-corrected chi connectivity index (χ3v) is 4.65. The highest BCUT2D eigenvalue weighted by atomic mass is 16.5. The molecule has 0 aliphatic carbocycles. The van der Waals surface area contributed by atoms with Crippen LogP contribution in [0.3, 0.4) is 0 Å². The zero-order valence-corrected chi connectivity index (χ0v) is 12.6. The van der Waals surface area contributed by atoms with Gasteiger partial charge in [0.25, 0.3) is 0 Å². The van der Waals surface area contributed by atoms with Crippen LogP contribution in [-0.4, -0.2) is 47.3 Å². The van der Waals surface area contributed by atoms with Gasteiger partial charge in [0.05, 0.1) is 5.92 Å². The first-order valence-electron chi connectivity index (χ1n) is 7.99. The first kappa shape index (κ1) is 14.0. The number of rotatable bonds is 4. The minimum Gasteiger partial charge on any atom is -0.339 e. The third-order valence-electron chi connectivity index (χ3n) is 4.65. The first-order valence-corrected chi connectivity index (χ1v) is 7.99. The molecule has 112 valence electrons. The van der Waals surface area contributed by atoms with Crippen LogP contribution >= 0.6 is 0 Å². The Bertz CT molecular complexity index is 425. The van der Waals surface area contributed by atoms with Crippen LogP contribution in [0.5, 0.6) is 0 Å². The molecule has 2 aliphatic heterocycles. The largest absolute Gasteiger partial charge is 0.339 e. The van der Waals surface area contributed by atoms with Gasteiger partial charge in [0.15, 0.2) is 5.82 Å². The molecule has 0 saturated carbocycles. The predicted octanol–water partition coefficient (Wildman–Crippen LogP) is 1.81. The van der Waals surface area contributed by atoms with E-state index in [2.05, 4.69) is 34.2 Å². The van der Waals surface area contributed by atoms with E-state index in [0.29, 0.717) is 17.9 Å². The van der Waals surface area contributed by atoms with Crippen molar-refractivity contribution in [1.82, 2.24) is 20.4 Å². The van der Waals surface area contributed by atoms with Crippen molar-refractivity contribution >= 4 is 0 Å². The molecule has 2 fully saturated rings. The van der Waals surface area contributed by atoms with Gasteiger partial charge in [-0.05, 0) is 52.1 Å². The fraction of sp³-hybridized carbons (Fsp3) is 0.867. The van der Waals surface area contributed by atoms with Crippen molar-refractivity contribution in [2.75, 3.05) is 26.2 Å². The summed E-state index contributed by atoms with van der Waals surface area (Å²) in [5, 5.41) is 7.54. The Morgan fingerprint density at radius 1 is 1.40 bits per heavy atom. The van der Waals surface area contributed by atoms with Crippen LogP contribution < -0.4 is 5.32 Å². The summed E-state index contributed by atoms with van der Waals surface area (Å²) in [6.07, 6.45) is 4.66. The van der Waals surface area contributed by atoms with Crippen molar-refractivity contribution in [1.29, 1.82) is 0 Å². The molecule has 2 atom stereocenters. The summed E-state index contributed by atoms with van der Waals surface area (Å²) in [6.45, 7) is 9.01. The van der Waals surface area contributed by atoms with Gasteiger partial charge in [0.1, 0.15) is 0 Å². The molecule has 0 radical (unpaired) electrons. The maximum Gasteiger partial charge on any atom is 0.231 e. The van der Waals surface area contributed by atoms with E-state index in [1.807, 2.05) is 0 Å². The van der Waals surface area contributed by atoms with Gasteiger partial charge in [-0.3, -0.25) is 0 Å². The van der Waals surface area contributed by atoms with Crippen LogP contribution in [0.2, 0.25) is 0 Å². The Morgan fingerprint density at radius 3 is 3.05 bits per heavy atom. The molecule has 0 amide bonds. The monoisotopic (exact) mass is 278 g/mol. The summed E-state index contributed by atoms with van der Waals surface area (Å²) in [6, 6.07) is 0.642. The first-order chi connectivity index (χ1) is 9.72. The van der Waals surface area contributed by atoms with Gasteiger partial charge in [-0.25, -0.2) is 0 Å². The van der Waals surface area contributed by atoms with Crippen LogP contribution in [0.1, 0.15) is 50.7 Å². The van der Waals surface area contributed by atoms with Gasteiger partial charge in [-0.1, -0.05) is 5.16 Å². The Hall–Kier alpha value is -0.940. The Morgan fingerprint density at radius 2 is 2.30 bits per heavy atom. The SMILES string of the molecule is CC(C)N1CCCC(Cc2noc(C3CCNC3)n2)C1. The molecular formula is C15H26N4O. The van der Waals surface area contributed by atoms with Crippen molar-refractivity contribution in [2.24, 2.45) is 5.92 Å². The molecule has 5 nitrogen and oxygen atoms in total. The number of nitrogens with one attached hydrogen (secondary N) is 1. The minimum atomic E-state index is 0.426. The molecule has 0 spiro atoms. The standard InChI is InChI=1S/C15H26N4O/c1-11(2)19-7-3-4-12(10-19)8-14-17-15(20-18-14)13-5-6-16-9-13/h11-13,16H,3-10H2,1-2H3. The summed E-state index contributed by atoms with van der Waals surface area (Å²) in [5.74, 6) is 2.84. The average Bonchev–Trinajstić information content (AvgIpc) is 3.09. The number of likely N-dealkylation sites (tertiary alicyclic amines) is 1. The van der Waals surface area contributed by atoms with Crippen molar-refractivity contribution < 1.29 is 4.52 Å². The van der Waals surface area contributed by atoms with E-state index in [1.54, 1.807) is 0 Å². The molecule has 3 rings (SSSR count). The predicted molar refractivity (Wildman–Crippen MR) is 77.7 cm³/mol. The van der Waals surface area contributed by atoms with Gasteiger partial charge in [-0.2, -0.15) is 4.98 Å². The molecule has 1 N–H and O–H groups in total. The molecule has 2 unspecified atom stereocenters. The van der Waals surface area contributed by atoms with Crippen LogP contribution in [0.15, 0.2) is 4.52 Å². The fourth-order valence-electron chi connectivity index (χ4n) is 3.37. The summed E-state index contributed by atoms with van der Waals surface area (Å²) < 4.78 is 5.45. The molecule has 1 aromatic rings. The molecule has 2 saturated heterocycles. The molecule has 1 aromatic heterocycles. The van der Waals surface area contributed by atoms with E-state index >= 15 is 0 Å². The van der Waals surface area contributed by atoms with Gasteiger partial charge in [-0.15, -0.1) is 0 Å². The zero-order chi connectivity index (χ0) is 13.9. The Balaban J connectivity index is 1.57. The van der Waals surface area contributed by atoms with Gasteiger partial charge in [0.2, 0.25) is 5.89 Å².